The standard InChI is InChI=1S/C16H25NO4/c1-16(11-18,17-10-13-5-4-8-21-13)12-6-7-14(19-2)15(9-12)20-3/h6-7,9,13,17-18H,4-5,8,10-11H2,1-3H3. The third-order valence-corrected chi connectivity index (χ3v) is 4.08. The molecule has 0 aliphatic carbocycles. The van der Waals surface area contributed by atoms with Gasteiger partial charge in [0, 0.05) is 13.2 Å². The molecule has 1 aromatic rings. The molecular weight excluding hydrogens is 270 g/mol. The van der Waals surface area contributed by atoms with Crippen LogP contribution in [0.2, 0.25) is 0 Å². The van der Waals surface area contributed by atoms with Gasteiger partial charge in [-0.2, -0.15) is 0 Å². The van der Waals surface area contributed by atoms with E-state index < -0.39 is 5.54 Å². The van der Waals surface area contributed by atoms with E-state index in [4.69, 9.17) is 14.2 Å². The minimum Gasteiger partial charge on any atom is -0.493 e. The van der Waals surface area contributed by atoms with Crippen molar-refractivity contribution in [2.45, 2.75) is 31.4 Å². The molecule has 1 aliphatic heterocycles. The Kier molecular flexibility index (Phi) is 5.45. The van der Waals surface area contributed by atoms with Crippen molar-refractivity contribution in [3.8, 4) is 11.5 Å². The Balaban J connectivity index is 2.14. The van der Waals surface area contributed by atoms with E-state index in [2.05, 4.69) is 5.32 Å². The monoisotopic (exact) mass is 295 g/mol. The number of hydrogen-bond acceptors (Lipinski definition) is 5. The van der Waals surface area contributed by atoms with Gasteiger partial charge in [-0.25, -0.2) is 0 Å². The molecule has 2 atom stereocenters. The molecule has 0 radical (unpaired) electrons. The molecule has 0 bridgehead atoms. The fourth-order valence-electron chi connectivity index (χ4n) is 2.57. The van der Waals surface area contributed by atoms with Crippen molar-refractivity contribution < 1.29 is 19.3 Å². The Labute approximate surface area is 126 Å². The lowest BCUT2D eigenvalue weighted by Gasteiger charge is -2.31. The lowest BCUT2D eigenvalue weighted by molar-refractivity contribution is 0.0910. The summed E-state index contributed by atoms with van der Waals surface area (Å²) >= 11 is 0. The van der Waals surface area contributed by atoms with E-state index in [9.17, 15) is 5.11 Å². The van der Waals surface area contributed by atoms with E-state index in [1.165, 1.54) is 0 Å². The maximum atomic E-state index is 9.83. The van der Waals surface area contributed by atoms with Crippen LogP contribution in [-0.2, 0) is 10.3 Å². The van der Waals surface area contributed by atoms with Crippen molar-refractivity contribution in [2.75, 3.05) is 34.0 Å². The number of nitrogens with one attached hydrogen (secondary N) is 1. The van der Waals surface area contributed by atoms with Crippen molar-refractivity contribution in [3.05, 3.63) is 23.8 Å². The van der Waals surface area contributed by atoms with Gasteiger partial charge >= 0.3 is 0 Å². The number of aliphatic hydroxyl groups is 1. The molecule has 21 heavy (non-hydrogen) atoms. The Hall–Kier alpha value is -1.30. The summed E-state index contributed by atoms with van der Waals surface area (Å²) in [6.45, 7) is 3.53. The predicted octanol–water partition coefficient (Wildman–Crippen LogP) is 1.68. The van der Waals surface area contributed by atoms with Crippen LogP contribution in [0.1, 0.15) is 25.3 Å². The first-order chi connectivity index (χ1) is 10.1. The van der Waals surface area contributed by atoms with Crippen molar-refractivity contribution >= 4 is 0 Å². The summed E-state index contributed by atoms with van der Waals surface area (Å²) in [6, 6.07) is 5.70. The van der Waals surface area contributed by atoms with Gasteiger partial charge in [-0.05, 0) is 37.5 Å². The number of ether oxygens (including phenoxy) is 3. The van der Waals surface area contributed by atoms with Gasteiger partial charge in [0.05, 0.1) is 32.5 Å². The summed E-state index contributed by atoms with van der Waals surface area (Å²) < 4.78 is 16.2. The summed E-state index contributed by atoms with van der Waals surface area (Å²) in [7, 11) is 3.22. The summed E-state index contributed by atoms with van der Waals surface area (Å²) in [5.74, 6) is 1.34. The van der Waals surface area contributed by atoms with E-state index >= 15 is 0 Å². The summed E-state index contributed by atoms with van der Waals surface area (Å²) in [6.07, 6.45) is 2.41. The minimum absolute atomic E-state index is 0.00476. The number of aliphatic hydroxyl groups excluding tert-OH is 1. The molecule has 118 valence electrons. The van der Waals surface area contributed by atoms with Gasteiger partial charge in [-0.1, -0.05) is 6.07 Å². The third-order valence-electron chi connectivity index (χ3n) is 4.08. The van der Waals surface area contributed by atoms with Crippen LogP contribution < -0.4 is 14.8 Å². The van der Waals surface area contributed by atoms with Gasteiger partial charge in [-0.3, -0.25) is 0 Å². The number of hydrogen-bond donors (Lipinski definition) is 2. The first-order valence-electron chi connectivity index (χ1n) is 7.33. The van der Waals surface area contributed by atoms with Gasteiger partial charge < -0.3 is 24.6 Å². The zero-order valence-electron chi connectivity index (χ0n) is 13.0. The third kappa shape index (κ3) is 3.67. The molecular formula is C16H25NO4. The van der Waals surface area contributed by atoms with Crippen LogP contribution in [0.5, 0.6) is 11.5 Å². The van der Waals surface area contributed by atoms with Gasteiger partial charge in [-0.15, -0.1) is 0 Å². The molecule has 2 rings (SSSR count). The molecule has 1 aliphatic rings. The van der Waals surface area contributed by atoms with Crippen molar-refractivity contribution in [1.29, 1.82) is 0 Å². The Morgan fingerprint density at radius 3 is 2.67 bits per heavy atom. The second-order valence-electron chi connectivity index (χ2n) is 5.58. The maximum Gasteiger partial charge on any atom is 0.161 e. The van der Waals surface area contributed by atoms with Crippen LogP contribution in [0.15, 0.2) is 18.2 Å². The highest BCUT2D eigenvalue weighted by Gasteiger charge is 2.28. The fraction of sp³-hybridized carbons (Fsp3) is 0.625. The fourth-order valence-corrected chi connectivity index (χ4v) is 2.57. The first-order valence-corrected chi connectivity index (χ1v) is 7.33. The number of rotatable bonds is 7. The first kappa shape index (κ1) is 16.1. The molecule has 0 spiro atoms. The van der Waals surface area contributed by atoms with E-state index in [0.29, 0.717) is 11.5 Å². The molecule has 1 heterocycles. The molecule has 2 N–H and O–H groups in total. The Bertz CT molecular complexity index is 460. The highest BCUT2D eigenvalue weighted by molar-refractivity contribution is 5.45. The van der Waals surface area contributed by atoms with Crippen LogP contribution in [0.4, 0.5) is 0 Å². The van der Waals surface area contributed by atoms with E-state index in [1.807, 2.05) is 25.1 Å². The van der Waals surface area contributed by atoms with Crippen molar-refractivity contribution in [3.63, 3.8) is 0 Å². The molecule has 1 aromatic carbocycles. The normalized spacial score (nSPS) is 21.0. The van der Waals surface area contributed by atoms with Crippen LogP contribution in [0.25, 0.3) is 0 Å². The van der Waals surface area contributed by atoms with E-state index in [1.54, 1.807) is 14.2 Å². The van der Waals surface area contributed by atoms with Crippen molar-refractivity contribution in [2.24, 2.45) is 0 Å². The average Bonchev–Trinajstić information content (AvgIpc) is 3.05. The molecule has 0 saturated carbocycles. The summed E-state index contributed by atoms with van der Waals surface area (Å²) in [4.78, 5) is 0. The van der Waals surface area contributed by atoms with Crippen molar-refractivity contribution in [1.82, 2.24) is 5.32 Å². The highest BCUT2D eigenvalue weighted by Crippen LogP contribution is 2.32. The molecule has 5 nitrogen and oxygen atoms in total. The lowest BCUT2D eigenvalue weighted by atomic mass is 9.92. The second kappa shape index (κ2) is 7.11. The maximum absolute atomic E-state index is 9.83. The second-order valence-corrected chi connectivity index (χ2v) is 5.58. The molecule has 2 unspecified atom stereocenters. The van der Waals surface area contributed by atoms with E-state index in [0.717, 1.165) is 31.6 Å². The van der Waals surface area contributed by atoms with Crippen LogP contribution >= 0.6 is 0 Å². The van der Waals surface area contributed by atoms with Gasteiger partial charge in [0.15, 0.2) is 11.5 Å². The minimum atomic E-state index is -0.536. The molecule has 0 amide bonds. The number of methoxy groups -OCH3 is 2. The SMILES string of the molecule is COc1ccc(C(C)(CO)NCC2CCCO2)cc1OC. The van der Waals surface area contributed by atoms with E-state index in [-0.39, 0.29) is 12.7 Å². The Morgan fingerprint density at radius 1 is 1.33 bits per heavy atom. The van der Waals surface area contributed by atoms with Crippen LogP contribution in [-0.4, -0.2) is 45.2 Å². The largest absolute Gasteiger partial charge is 0.493 e. The molecule has 0 aromatic heterocycles. The average molecular weight is 295 g/mol. The zero-order valence-corrected chi connectivity index (χ0v) is 13.0. The predicted molar refractivity (Wildman–Crippen MR) is 81.0 cm³/mol. The van der Waals surface area contributed by atoms with Gasteiger partial charge in [0.2, 0.25) is 0 Å². The molecule has 1 fully saturated rings. The van der Waals surface area contributed by atoms with Crippen LogP contribution in [0.3, 0.4) is 0 Å². The summed E-state index contributed by atoms with van der Waals surface area (Å²) in [5, 5.41) is 13.2. The zero-order chi connectivity index (χ0) is 15.3. The smallest absolute Gasteiger partial charge is 0.161 e. The Morgan fingerprint density at radius 2 is 2.10 bits per heavy atom. The lowest BCUT2D eigenvalue weighted by Crippen LogP contribution is -2.46. The number of benzene rings is 1. The quantitative estimate of drug-likeness (QED) is 0.801. The molecule has 5 heteroatoms. The van der Waals surface area contributed by atoms with Gasteiger partial charge in [0.1, 0.15) is 0 Å². The molecule has 1 saturated heterocycles. The van der Waals surface area contributed by atoms with Gasteiger partial charge in [0.25, 0.3) is 0 Å². The summed E-state index contributed by atoms with van der Waals surface area (Å²) in [5.41, 5.74) is 0.423. The van der Waals surface area contributed by atoms with Crippen LogP contribution in [0, 0.1) is 0 Å². The highest BCUT2D eigenvalue weighted by atomic mass is 16.5. The topological polar surface area (TPSA) is 60.0 Å².